The molecule has 1 amide bonds. The van der Waals surface area contributed by atoms with Gasteiger partial charge < -0.3 is 19.6 Å². The Morgan fingerprint density at radius 1 is 1.45 bits per heavy atom. The SMILES string of the molecule is CC(=O)NC(C)(C)c1noc(NC(C)CCc2ccco2)n1. The van der Waals surface area contributed by atoms with Crippen molar-refractivity contribution in [3.63, 3.8) is 0 Å². The first-order valence-corrected chi connectivity index (χ1v) is 7.28. The van der Waals surface area contributed by atoms with E-state index in [9.17, 15) is 4.79 Å². The lowest BCUT2D eigenvalue weighted by Crippen LogP contribution is -2.40. The Balaban J connectivity index is 1.89. The van der Waals surface area contributed by atoms with Crippen LogP contribution in [0.15, 0.2) is 27.3 Å². The smallest absolute Gasteiger partial charge is 0.321 e. The number of aromatic nitrogens is 2. The minimum absolute atomic E-state index is 0.142. The molecule has 2 heterocycles. The molecule has 22 heavy (non-hydrogen) atoms. The maximum atomic E-state index is 11.2. The molecule has 0 fully saturated rings. The summed E-state index contributed by atoms with van der Waals surface area (Å²) in [6.45, 7) is 7.14. The van der Waals surface area contributed by atoms with Crippen LogP contribution >= 0.6 is 0 Å². The molecule has 7 nitrogen and oxygen atoms in total. The Morgan fingerprint density at radius 3 is 2.86 bits per heavy atom. The van der Waals surface area contributed by atoms with E-state index in [1.54, 1.807) is 6.26 Å². The van der Waals surface area contributed by atoms with Crippen molar-refractivity contribution in [3.05, 3.63) is 30.0 Å². The lowest BCUT2D eigenvalue weighted by molar-refractivity contribution is -0.120. The number of carbonyl (C=O) groups is 1. The maximum absolute atomic E-state index is 11.2. The minimum atomic E-state index is -0.674. The molecule has 0 saturated heterocycles. The van der Waals surface area contributed by atoms with Crippen molar-refractivity contribution in [1.82, 2.24) is 15.5 Å². The van der Waals surface area contributed by atoms with Gasteiger partial charge in [-0.15, -0.1) is 0 Å². The molecule has 0 bridgehead atoms. The van der Waals surface area contributed by atoms with Gasteiger partial charge >= 0.3 is 6.01 Å². The van der Waals surface area contributed by atoms with Crippen LogP contribution in [0, 0.1) is 0 Å². The summed E-state index contributed by atoms with van der Waals surface area (Å²) in [6.07, 6.45) is 3.38. The first-order valence-electron chi connectivity index (χ1n) is 7.28. The summed E-state index contributed by atoms with van der Waals surface area (Å²) < 4.78 is 10.5. The standard InChI is InChI=1S/C15H22N4O3/c1-10(7-8-12-6-5-9-21-12)16-14-17-13(19-22-14)15(3,4)18-11(2)20/h5-6,9-10H,7-8H2,1-4H3,(H,18,20)(H,16,17,19). The molecule has 0 aliphatic rings. The average molecular weight is 306 g/mol. The van der Waals surface area contributed by atoms with Gasteiger partial charge in [0.25, 0.3) is 0 Å². The lowest BCUT2D eigenvalue weighted by Gasteiger charge is -2.20. The van der Waals surface area contributed by atoms with E-state index in [1.807, 2.05) is 32.9 Å². The van der Waals surface area contributed by atoms with Crippen LogP contribution in [0.3, 0.4) is 0 Å². The number of anilines is 1. The zero-order valence-corrected chi connectivity index (χ0v) is 13.3. The van der Waals surface area contributed by atoms with Gasteiger partial charge in [0.2, 0.25) is 5.91 Å². The molecule has 0 aliphatic heterocycles. The summed E-state index contributed by atoms with van der Waals surface area (Å²) in [5.74, 6) is 1.24. The van der Waals surface area contributed by atoms with E-state index in [0.717, 1.165) is 18.6 Å². The van der Waals surface area contributed by atoms with E-state index in [1.165, 1.54) is 6.92 Å². The van der Waals surface area contributed by atoms with Crippen LogP contribution < -0.4 is 10.6 Å². The molecule has 7 heteroatoms. The highest BCUT2D eigenvalue weighted by atomic mass is 16.5. The highest BCUT2D eigenvalue weighted by Crippen LogP contribution is 2.19. The number of rotatable bonds is 7. The van der Waals surface area contributed by atoms with Gasteiger partial charge in [-0.05, 0) is 39.3 Å². The third-order valence-electron chi connectivity index (χ3n) is 3.25. The van der Waals surface area contributed by atoms with Crippen molar-refractivity contribution in [2.75, 3.05) is 5.32 Å². The highest BCUT2D eigenvalue weighted by Gasteiger charge is 2.27. The van der Waals surface area contributed by atoms with Crippen molar-refractivity contribution < 1.29 is 13.7 Å². The molecule has 0 spiro atoms. The molecular formula is C15H22N4O3. The van der Waals surface area contributed by atoms with E-state index in [-0.39, 0.29) is 11.9 Å². The Morgan fingerprint density at radius 2 is 2.23 bits per heavy atom. The molecule has 1 unspecified atom stereocenters. The maximum Gasteiger partial charge on any atom is 0.321 e. The number of nitrogens with one attached hydrogen (secondary N) is 2. The Kier molecular flexibility index (Phi) is 4.85. The summed E-state index contributed by atoms with van der Waals surface area (Å²) >= 11 is 0. The fraction of sp³-hybridized carbons (Fsp3) is 0.533. The Hall–Kier alpha value is -2.31. The summed E-state index contributed by atoms with van der Waals surface area (Å²) in [4.78, 5) is 15.5. The number of hydrogen-bond acceptors (Lipinski definition) is 6. The van der Waals surface area contributed by atoms with Gasteiger partial charge in [-0.3, -0.25) is 4.79 Å². The second kappa shape index (κ2) is 6.64. The monoisotopic (exact) mass is 306 g/mol. The van der Waals surface area contributed by atoms with Crippen molar-refractivity contribution in [2.24, 2.45) is 0 Å². The quantitative estimate of drug-likeness (QED) is 0.816. The minimum Gasteiger partial charge on any atom is -0.469 e. The molecule has 2 rings (SSSR count). The van der Waals surface area contributed by atoms with Gasteiger partial charge in [-0.2, -0.15) is 4.98 Å². The topological polar surface area (TPSA) is 93.2 Å². The molecule has 2 aromatic heterocycles. The molecule has 0 aromatic carbocycles. The molecule has 0 saturated carbocycles. The molecule has 0 aliphatic carbocycles. The van der Waals surface area contributed by atoms with Gasteiger partial charge in [-0.25, -0.2) is 0 Å². The zero-order chi connectivity index (χ0) is 16.2. The van der Waals surface area contributed by atoms with Crippen LogP contribution in [0.5, 0.6) is 0 Å². The highest BCUT2D eigenvalue weighted by molar-refractivity contribution is 5.73. The summed E-state index contributed by atoms with van der Waals surface area (Å²) in [5.41, 5.74) is -0.674. The van der Waals surface area contributed by atoms with Crippen LogP contribution in [-0.2, 0) is 16.8 Å². The predicted octanol–water partition coefficient (Wildman–Crippen LogP) is 2.47. The van der Waals surface area contributed by atoms with Crippen molar-refractivity contribution in [2.45, 2.75) is 52.1 Å². The van der Waals surface area contributed by atoms with Crippen LogP contribution in [0.25, 0.3) is 0 Å². The second-order valence-electron chi connectivity index (χ2n) is 5.89. The average Bonchev–Trinajstić information content (AvgIpc) is 3.06. The molecule has 0 radical (unpaired) electrons. The van der Waals surface area contributed by atoms with Crippen LogP contribution in [-0.4, -0.2) is 22.1 Å². The fourth-order valence-corrected chi connectivity index (χ4v) is 2.13. The number of aryl methyl sites for hydroxylation is 1. The Labute approximate surface area is 129 Å². The van der Waals surface area contributed by atoms with E-state index in [4.69, 9.17) is 8.94 Å². The normalized spacial score (nSPS) is 12.9. The van der Waals surface area contributed by atoms with Gasteiger partial charge in [-0.1, -0.05) is 5.16 Å². The van der Waals surface area contributed by atoms with Crippen molar-refractivity contribution in [1.29, 1.82) is 0 Å². The molecule has 2 aromatic rings. The van der Waals surface area contributed by atoms with E-state index < -0.39 is 5.54 Å². The molecule has 2 N–H and O–H groups in total. The van der Waals surface area contributed by atoms with E-state index in [0.29, 0.717) is 11.8 Å². The number of hydrogen-bond donors (Lipinski definition) is 2. The largest absolute Gasteiger partial charge is 0.469 e. The first-order chi connectivity index (χ1) is 10.4. The van der Waals surface area contributed by atoms with Crippen LogP contribution in [0.2, 0.25) is 0 Å². The van der Waals surface area contributed by atoms with E-state index in [2.05, 4.69) is 20.8 Å². The van der Waals surface area contributed by atoms with Crippen molar-refractivity contribution >= 4 is 11.9 Å². The van der Waals surface area contributed by atoms with Crippen molar-refractivity contribution in [3.8, 4) is 0 Å². The van der Waals surface area contributed by atoms with Gasteiger partial charge in [0.15, 0.2) is 5.82 Å². The summed E-state index contributed by atoms with van der Waals surface area (Å²) in [7, 11) is 0. The molecule has 1 atom stereocenters. The van der Waals surface area contributed by atoms with Gasteiger partial charge in [0, 0.05) is 19.4 Å². The summed E-state index contributed by atoms with van der Waals surface area (Å²) in [6, 6.07) is 4.33. The number of carbonyl (C=O) groups excluding carboxylic acids is 1. The summed E-state index contributed by atoms with van der Waals surface area (Å²) in [5, 5.41) is 9.86. The third-order valence-corrected chi connectivity index (χ3v) is 3.25. The Bertz CT molecular complexity index is 604. The number of amides is 1. The van der Waals surface area contributed by atoms with Gasteiger partial charge in [0.1, 0.15) is 5.76 Å². The van der Waals surface area contributed by atoms with E-state index >= 15 is 0 Å². The van der Waals surface area contributed by atoms with Crippen LogP contribution in [0.4, 0.5) is 6.01 Å². The van der Waals surface area contributed by atoms with Gasteiger partial charge in [0.05, 0.1) is 11.8 Å². The number of nitrogens with zero attached hydrogens (tertiary/aromatic N) is 2. The lowest BCUT2D eigenvalue weighted by atomic mass is 10.1. The molecular weight excluding hydrogens is 284 g/mol. The zero-order valence-electron chi connectivity index (χ0n) is 13.3. The first kappa shape index (κ1) is 16.1. The fourth-order valence-electron chi connectivity index (χ4n) is 2.13. The second-order valence-corrected chi connectivity index (χ2v) is 5.89. The predicted molar refractivity (Wildman–Crippen MR) is 81.3 cm³/mol. The van der Waals surface area contributed by atoms with Crippen LogP contribution in [0.1, 0.15) is 45.7 Å². The third kappa shape index (κ3) is 4.34. The molecule has 120 valence electrons. The number of furan rings is 1.